The van der Waals surface area contributed by atoms with E-state index in [1.807, 2.05) is 13.8 Å². The van der Waals surface area contributed by atoms with Crippen molar-refractivity contribution in [2.75, 3.05) is 33.3 Å². The summed E-state index contributed by atoms with van der Waals surface area (Å²) >= 11 is 3.18. The Balaban J connectivity index is 1.62. The Morgan fingerprint density at radius 2 is 2.17 bits per heavy atom. The lowest BCUT2D eigenvalue weighted by Crippen LogP contribution is -2.43. The van der Waals surface area contributed by atoms with Crippen LogP contribution in [0.15, 0.2) is 22.5 Å². The minimum absolute atomic E-state index is 0.0740. The molecule has 0 radical (unpaired) electrons. The number of esters is 1. The molecular formula is C21H31N5O2S2. The van der Waals surface area contributed by atoms with Crippen LogP contribution in [0.4, 0.5) is 0 Å². The predicted octanol–water partition coefficient (Wildman–Crippen LogP) is 3.75. The van der Waals surface area contributed by atoms with Crippen LogP contribution in [0.25, 0.3) is 0 Å². The molecule has 2 aromatic rings. The molecule has 30 heavy (non-hydrogen) atoms. The number of thiophene rings is 1. The lowest BCUT2D eigenvalue weighted by Gasteiger charge is -2.28. The molecule has 1 fully saturated rings. The molecule has 164 valence electrons. The number of carbonyl (C=O) groups excluding carboxylic acids is 1. The SMILES string of the molecule is CCOC(=O)c1sc(C(C)NC(=NC)NCC(c2cccs2)N2CCCC2)nc1C. The van der Waals surface area contributed by atoms with Crippen LogP contribution in [0, 0.1) is 6.92 Å². The highest BCUT2D eigenvalue weighted by Gasteiger charge is 2.25. The number of nitrogens with one attached hydrogen (secondary N) is 2. The summed E-state index contributed by atoms with van der Waals surface area (Å²) in [7, 11) is 1.77. The maximum absolute atomic E-state index is 12.1. The molecule has 0 saturated carbocycles. The molecule has 2 atom stereocenters. The standard InChI is InChI=1S/C21H31N5O2S2/c1-5-28-20(27)18-14(2)24-19(30-18)15(3)25-21(22-4)23-13-16(17-9-8-12-29-17)26-10-6-7-11-26/h8-9,12,15-16H,5-7,10-11,13H2,1-4H3,(H2,22,23,25). The third-order valence-electron chi connectivity index (χ3n) is 5.14. The fourth-order valence-electron chi connectivity index (χ4n) is 3.59. The molecule has 1 saturated heterocycles. The maximum Gasteiger partial charge on any atom is 0.350 e. The van der Waals surface area contributed by atoms with Gasteiger partial charge in [0.15, 0.2) is 5.96 Å². The molecule has 0 aromatic carbocycles. The Hall–Kier alpha value is -1.97. The zero-order valence-corrected chi connectivity index (χ0v) is 19.7. The van der Waals surface area contributed by atoms with Crippen LogP contribution in [-0.2, 0) is 4.74 Å². The number of thiazole rings is 1. The van der Waals surface area contributed by atoms with Crippen LogP contribution in [0.5, 0.6) is 0 Å². The van der Waals surface area contributed by atoms with Crippen molar-refractivity contribution in [2.24, 2.45) is 4.99 Å². The Bertz CT molecular complexity index is 844. The zero-order valence-electron chi connectivity index (χ0n) is 18.1. The van der Waals surface area contributed by atoms with Gasteiger partial charge in [0.2, 0.25) is 0 Å². The van der Waals surface area contributed by atoms with Crippen molar-refractivity contribution in [3.8, 4) is 0 Å². The number of guanidine groups is 1. The van der Waals surface area contributed by atoms with Crippen molar-refractivity contribution in [1.82, 2.24) is 20.5 Å². The van der Waals surface area contributed by atoms with Gasteiger partial charge in [0.05, 0.1) is 24.4 Å². The topological polar surface area (TPSA) is 78.8 Å². The fraction of sp³-hybridized carbons (Fsp3) is 0.571. The van der Waals surface area contributed by atoms with E-state index in [2.05, 4.69) is 43.0 Å². The number of aryl methyl sites for hydroxylation is 1. The van der Waals surface area contributed by atoms with Crippen LogP contribution >= 0.6 is 22.7 Å². The molecule has 0 bridgehead atoms. The number of carbonyl (C=O) groups is 1. The van der Waals surface area contributed by atoms with E-state index in [9.17, 15) is 4.79 Å². The van der Waals surface area contributed by atoms with Gasteiger partial charge in [-0.1, -0.05) is 6.07 Å². The van der Waals surface area contributed by atoms with Gasteiger partial charge in [-0.05, 0) is 58.1 Å². The molecule has 2 aromatic heterocycles. The normalized spacial score (nSPS) is 17.0. The Labute approximate surface area is 186 Å². The molecule has 3 heterocycles. The van der Waals surface area contributed by atoms with E-state index in [1.165, 1.54) is 29.1 Å². The number of nitrogens with zero attached hydrogens (tertiary/aromatic N) is 3. The Morgan fingerprint density at radius 3 is 2.80 bits per heavy atom. The van der Waals surface area contributed by atoms with E-state index in [1.54, 1.807) is 25.3 Å². The van der Waals surface area contributed by atoms with Crippen LogP contribution in [0.2, 0.25) is 0 Å². The number of likely N-dealkylation sites (tertiary alicyclic amines) is 1. The van der Waals surface area contributed by atoms with E-state index in [-0.39, 0.29) is 12.0 Å². The van der Waals surface area contributed by atoms with Gasteiger partial charge >= 0.3 is 5.97 Å². The summed E-state index contributed by atoms with van der Waals surface area (Å²) < 4.78 is 5.12. The smallest absolute Gasteiger partial charge is 0.350 e. The number of rotatable bonds is 8. The van der Waals surface area contributed by atoms with Crippen molar-refractivity contribution in [1.29, 1.82) is 0 Å². The van der Waals surface area contributed by atoms with Gasteiger partial charge in [-0.25, -0.2) is 9.78 Å². The maximum atomic E-state index is 12.1. The van der Waals surface area contributed by atoms with Crippen molar-refractivity contribution < 1.29 is 9.53 Å². The molecule has 0 spiro atoms. The highest BCUT2D eigenvalue weighted by Crippen LogP contribution is 2.28. The molecular weight excluding hydrogens is 418 g/mol. The summed E-state index contributed by atoms with van der Waals surface area (Å²) in [6.07, 6.45) is 2.52. The minimum atomic E-state index is -0.308. The van der Waals surface area contributed by atoms with Gasteiger partial charge in [0.1, 0.15) is 9.88 Å². The molecule has 0 aliphatic carbocycles. The van der Waals surface area contributed by atoms with Gasteiger partial charge < -0.3 is 15.4 Å². The van der Waals surface area contributed by atoms with E-state index in [0.717, 1.165) is 30.6 Å². The third kappa shape index (κ3) is 5.59. The van der Waals surface area contributed by atoms with E-state index < -0.39 is 0 Å². The molecule has 7 nitrogen and oxygen atoms in total. The first-order valence-corrected chi connectivity index (χ1v) is 12.1. The largest absolute Gasteiger partial charge is 0.462 e. The number of aliphatic imine (C=N–C) groups is 1. The lowest BCUT2D eigenvalue weighted by atomic mass is 10.2. The van der Waals surface area contributed by atoms with E-state index in [0.29, 0.717) is 23.2 Å². The first-order chi connectivity index (χ1) is 14.5. The molecule has 2 unspecified atom stereocenters. The highest BCUT2D eigenvalue weighted by molar-refractivity contribution is 7.13. The predicted molar refractivity (Wildman–Crippen MR) is 124 cm³/mol. The molecule has 2 N–H and O–H groups in total. The Morgan fingerprint density at radius 1 is 1.40 bits per heavy atom. The summed E-state index contributed by atoms with van der Waals surface area (Å²) in [6.45, 7) is 9.10. The second-order valence-electron chi connectivity index (χ2n) is 7.28. The number of aromatic nitrogens is 1. The van der Waals surface area contributed by atoms with Gasteiger partial charge in [-0.3, -0.25) is 9.89 Å². The first-order valence-electron chi connectivity index (χ1n) is 10.4. The highest BCUT2D eigenvalue weighted by atomic mass is 32.1. The number of ether oxygens (including phenoxy) is 1. The van der Waals surface area contributed by atoms with Crippen LogP contribution < -0.4 is 10.6 Å². The second kappa shape index (κ2) is 10.9. The Kier molecular flexibility index (Phi) is 8.24. The van der Waals surface area contributed by atoms with Crippen molar-refractivity contribution >= 4 is 34.6 Å². The van der Waals surface area contributed by atoms with Crippen LogP contribution in [0.1, 0.15) is 64.0 Å². The third-order valence-corrected chi connectivity index (χ3v) is 7.43. The van der Waals surface area contributed by atoms with Crippen molar-refractivity contribution in [3.63, 3.8) is 0 Å². The number of hydrogen-bond donors (Lipinski definition) is 2. The molecule has 1 aliphatic rings. The van der Waals surface area contributed by atoms with Crippen molar-refractivity contribution in [2.45, 2.75) is 45.7 Å². The quantitative estimate of drug-likeness (QED) is 0.363. The van der Waals surface area contributed by atoms with E-state index >= 15 is 0 Å². The first kappa shape index (κ1) is 22.7. The van der Waals surface area contributed by atoms with Crippen LogP contribution in [-0.4, -0.2) is 55.1 Å². The van der Waals surface area contributed by atoms with Gasteiger partial charge in [-0.2, -0.15) is 0 Å². The second-order valence-corrected chi connectivity index (χ2v) is 9.29. The molecule has 0 amide bonds. The summed E-state index contributed by atoms with van der Waals surface area (Å²) in [6, 6.07) is 4.60. The summed E-state index contributed by atoms with van der Waals surface area (Å²) in [5.41, 5.74) is 0.705. The molecule has 9 heteroatoms. The van der Waals surface area contributed by atoms with Crippen LogP contribution in [0.3, 0.4) is 0 Å². The molecule has 1 aliphatic heterocycles. The molecule has 3 rings (SSSR count). The average molecular weight is 450 g/mol. The fourth-order valence-corrected chi connectivity index (χ4v) is 5.41. The van der Waals surface area contributed by atoms with Gasteiger partial charge in [0, 0.05) is 18.5 Å². The summed E-state index contributed by atoms with van der Waals surface area (Å²) in [5, 5.41) is 9.87. The van der Waals surface area contributed by atoms with Gasteiger partial charge in [-0.15, -0.1) is 22.7 Å². The zero-order chi connectivity index (χ0) is 21.5. The van der Waals surface area contributed by atoms with Gasteiger partial charge in [0.25, 0.3) is 0 Å². The minimum Gasteiger partial charge on any atom is -0.462 e. The van der Waals surface area contributed by atoms with Crippen molar-refractivity contribution in [3.05, 3.63) is 38.0 Å². The summed E-state index contributed by atoms with van der Waals surface area (Å²) in [4.78, 5) is 25.5. The number of hydrogen-bond acceptors (Lipinski definition) is 7. The van der Waals surface area contributed by atoms with E-state index in [4.69, 9.17) is 4.74 Å². The monoisotopic (exact) mass is 449 g/mol. The lowest BCUT2D eigenvalue weighted by molar-refractivity contribution is 0.0531. The average Bonchev–Trinajstić information content (AvgIpc) is 3.49. The summed E-state index contributed by atoms with van der Waals surface area (Å²) in [5.74, 6) is 0.423.